The van der Waals surface area contributed by atoms with Crippen molar-refractivity contribution in [1.82, 2.24) is 0 Å². The topological polar surface area (TPSA) is 63.6 Å². The molecule has 1 saturated heterocycles. The van der Waals surface area contributed by atoms with Crippen LogP contribution in [0.25, 0.3) is 0 Å². The number of rotatable bonds is 3. The lowest BCUT2D eigenvalue weighted by Gasteiger charge is -2.09. The first-order valence-electron chi connectivity index (χ1n) is 4.46. The van der Waals surface area contributed by atoms with Crippen LogP contribution in [0.2, 0.25) is 0 Å². The highest BCUT2D eigenvalue weighted by Crippen LogP contribution is 2.39. The molecule has 0 bridgehead atoms. The molecule has 1 fully saturated rings. The first kappa shape index (κ1) is 12.4. The van der Waals surface area contributed by atoms with E-state index in [2.05, 4.69) is 0 Å². The van der Waals surface area contributed by atoms with Crippen LogP contribution in [0.1, 0.15) is 13.8 Å². The van der Waals surface area contributed by atoms with Gasteiger partial charge in [-0.15, -0.1) is 23.5 Å². The van der Waals surface area contributed by atoms with Crippen LogP contribution in [0.4, 0.5) is 0 Å². The molecule has 1 aliphatic heterocycles. The van der Waals surface area contributed by atoms with Crippen molar-refractivity contribution >= 4 is 35.5 Å². The summed E-state index contributed by atoms with van der Waals surface area (Å²) in [4.78, 5) is 22.4. The van der Waals surface area contributed by atoms with E-state index in [9.17, 15) is 9.59 Å². The standard InChI is InChI=1S/C9H12O4S2/c1-5(2)13-8(12)6(7(10)11)9-14-3-4-15-9/h5H,3-4H2,1-2H3,(H,10,11). The zero-order chi connectivity index (χ0) is 11.4. The van der Waals surface area contributed by atoms with E-state index in [1.807, 2.05) is 0 Å². The molecular formula is C9H12O4S2. The maximum Gasteiger partial charge on any atom is 0.347 e. The van der Waals surface area contributed by atoms with Crippen LogP contribution in [0, 0.1) is 0 Å². The van der Waals surface area contributed by atoms with Crippen LogP contribution in [0.3, 0.4) is 0 Å². The van der Waals surface area contributed by atoms with Gasteiger partial charge in [-0.25, -0.2) is 9.59 Å². The Bertz CT molecular complexity index is 301. The van der Waals surface area contributed by atoms with Gasteiger partial charge in [-0.3, -0.25) is 0 Å². The highest BCUT2D eigenvalue weighted by molar-refractivity contribution is 8.25. The molecule has 1 aliphatic rings. The zero-order valence-electron chi connectivity index (χ0n) is 8.48. The van der Waals surface area contributed by atoms with Gasteiger partial charge in [-0.1, -0.05) is 0 Å². The average Bonchev–Trinajstić information content (AvgIpc) is 2.54. The van der Waals surface area contributed by atoms with Crippen molar-refractivity contribution in [1.29, 1.82) is 0 Å². The van der Waals surface area contributed by atoms with Gasteiger partial charge < -0.3 is 9.84 Å². The highest BCUT2D eigenvalue weighted by atomic mass is 32.2. The summed E-state index contributed by atoms with van der Waals surface area (Å²) in [6.45, 7) is 3.38. The SMILES string of the molecule is CC(C)OC(=O)C(C(=O)O)=C1SCCS1. The Labute approximate surface area is 96.4 Å². The maximum absolute atomic E-state index is 11.5. The summed E-state index contributed by atoms with van der Waals surface area (Å²) < 4.78 is 5.44. The van der Waals surface area contributed by atoms with Crippen LogP contribution < -0.4 is 0 Å². The quantitative estimate of drug-likeness (QED) is 0.355. The Balaban J connectivity index is 2.87. The molecule has 15 heavy (non-hydrogen) atoms. The molecule has 0 spiro atoms. The average molecular weight is 248 g/mol. The molecule has 6 heteroatoms. The second-order valence-electron chi connectivity index (χ2n) is 3.12. The van der Waals surface area contributed by atoms with Crippen LogP contribution in [0.5, 0.6) is 0 Å². The third-order valence-corrected chi connectivity index (χ3v) is 4.23. The number of aliphatic carboxylic acids is 1. The highest BCUT2D eigenvalue weighted by Gasteiger charge is 2.27. The first-order chi connectivity index (χ1) is 7.02. The molecule has 0 amide bonds. The number of carbonyl (C=O) groups excluding carboxylic acids is 1. The number of carboxylic acids is 1. The number of carbonyl (C=O) groups is 2. The van der Waals surface area contributed by atoms with Crippen LogP contribution in [-0.4, -0.2) is 34.7 Å². The summed E-state index contributed by atoms with van der Waals surface area (Å²) in [5.41, 5.74) is -0.226. The Morgan fingerprint density at radius 2 is 1.87 bits per heavy atom. The van der Waals surface area contributed by atoms with Gasteiger partial charge in [-0.05, 0) is 13.8 Å². The second-order valence-corrected chi connectivity index (χ2v) is 5.59. The molecular weight excluding hydrogens is 236 g/mol. The summed E-state index contributed by atoms with van der Waals surface area (Å²) in [6.07, 6.45) is -0.302. The number of esters is 1. The Morgan fingerprint density at radius 1 is 1.33 bits per heavy atom. The summed E-state index contributed by atoms with van der Waals surface area (Å²) in [7, 11) is 0. The maximum atomic E-state index is 11.5. The van der Waals surface area contributed by atoms with Gasteiger partial charge >= 0.3 is 11.9 Å². The first-order valence-corrected chi connectivity index (χ1v) is 6.43. The molecule has 0 aliphatic carbocycles. The van der Waals surface area contributed by atoms with Gasteiger partial charge in [0.05, 0.1) is 10.3 Å². The number of ether oxygens (including phenoxy) is 1. The minimum atomic E-state index is -1.21. The monoisotopic (exact) mass is 248 g/mol. The van der Waals surface area contributed by atoms with E-state index in [0.717, 1.165) is 11.5 Å². The number of hydrogen-bond donors (Lipinski definition) is 1. The molecule has 1 heterocycles. The van der Waals surface area contributed by atoms with Crippen LogP contribution in [-0.2, 0) is 14.3 Å². The minimum Gasteiger partial charge on any atom is -0.477 e. The van der Waals surface area contributed by atoms with Crippen molar-refractivity contribution in [2.45, 2.75) is 20.0 Å². The molecule has 0 aromatic rings. The normalized spacial score (nSPS) is 15.5. The summed E-state index contributed by atoms with van der Waals surface area (Å²) in [6, 6.07) is 0. The molecule has 0 radical (unpaired) electrons. The van der Waals surface area contributed by atoms with Crippen molar-refractivity contribution in [3.63, 3.8) is 0 Å². The predicted molar refractivity (Wildman–Crippen MR) is 60.8 cm³/mol. The lowest BCUT2D eigenvalue weighted by molar-refractivity contribution is -0.146. The van der Waals surface area contributed by atoms with Gasteiger partial charge in [0, 0.05) is 11.5 Å². The third kappa shape index (κ3) is 3.46. The van der Waals surface area contributed by atoms with Crippen molar-refractivity contribution in [3.8, 4) is 0 Å². The van der Waals surface area contributed by atoms with E-state index in [4.69, 9.17) is 9.84 Å². The van der Waals surface area contributed by atoms with Gasteiger partial charge in [0.15, 0.2) is 5.57 Å². The molecule has 0 aromatic carbocycles. The van der Waals surface area contributed by atoms with Crippen molar-refractivity contribution < 1.29 is 19.4 Å². The molecule has 84 valence electrons. The van der Waals surface area contributed by atoms with Crippen molar-refractivity contribution in [2.75, 3.05) is 11.5 Å². The van der Waals surface area contributed by atoms with Gasteiger partial charge in [0.25, 0.3) is 0 Å². The fourth-order valence-electron chi connectivity index (χ4n) is 0.986. The lowest BCUT2D eigenvalue weighted by atomic mass is 10.3. The Kier molecular flexibility index (Phi) is 4.53. The van der Waals surface area contributed by atoms with E-state index >= 15 is 0 Å². The Hall–Kier alpha value is -0.620. The fraction of sp³-hybridized carbons (Fsp3) is 0.556. The summed E-state index contributed by atoms with van der Waals surface area (Å²) in [5.74, 6) is -0.274. The van der Waals surface area contributed by atoms with E-state index < -0.39 is 11.9 Å². The smallest absolute Gasteiger partial charge is 0.347 e. The molecule has 4 nitrogen and oxygen atoms in total. The number of thioether (sulfide) groups is 2. The van der Waals surface area contributed by atoms with Gasteiger partial charge in [0.1, 0.15) is 0 Å². The van der Waals surface area contributed by atoms with Crippen LogP contribution >= 0.6 is 23.5 Å². The van der Waals surface area contributed by atoms with E-state index in [0.29, 0.717) is 4.24 Å². The molecule has 1 rings (SSSR count). The van der Waals surface area contributed by atoms with Crippen LogP contribution in [0.15, 0.2) is 9.81 Å². The van der Waals surface area contributed by atoms with Crippen molar-refractivity contribution in [2.24, 2.45) is 0 Å². The van der Waals surface area contributed by atoms with E-state index in [1.165, 1.54) is 23.5 Å². The fourth-order valence-corrected chi connectivity index (χ4v) is 3.49. The second kappa shape index (κ2) is 5.46. The lowest BCUT2D eigenvalue weighted by Crippen LogP contribution is -2.19. The zero-order valence-corrected chi connectivity index (χ0v) is 10.1. The third-order valence-electron chi connectivity index (χ3n) is 1.51. The number of hydrogen-bond acceptors (Lipinski definition) is 5. The molecule has 0 aromatic heterocycles. The molecule has 0 atom stereocenters. The van der Waals surface area contributed by atoms with Crippen molar-refractivity contribution in [3.05, 3.63) is 9.81 Å². The number of carboxylic acid groups (broad SMARTS) is 1. The van der Waals surface area contributed by atoms with E-state index in [-0.39, 0.29) is 11.7 Å². The summed E-state index contributed by atoms with van der Waals surface area (Å²) in [5, 5.41) is 8.93. The molecule has 1 N–H and O–H groups in total. The van der Waals surface area contributed by atoms with Gasteiger partial charge in [-0.2, -0.15) is 0 Å². The minimum absolute atomic E-state index is 0.226. The Morgan fingerprint density at radius 3 is 2.27 bits per heavy atom. The largest absolute Gasteiger partial charge is 0.477 e. The molecule has 0 unspecified atom stereocenters. The molecule has 0 saturated carbocycles. The predicted octanol–water partition coefficient (Wildman–Crippen LogP) is 1.71. The van der Waals surface area contributed by atoms with Gasteiger partial charge in [0.2, 0.25) is 0 Å². The summed E-state index contributed by atoms with van der Waals surface area (Å²) >= 11 is 2.79. The van der Waals surface area contributed by atoms with E-state index in [1.54, 1.807) is 13.8 Å².